The highest BCUT2D eigenvalue weighted by atomic mass is 35.5. The Balaban J connectivity index is 1.67. The van der Waals surface area contributed by atoms with Crippen LogP contribution in [-0.4, -0.2) is 40.1 Å². The largest absolute Gasteiger partial charge is 0.365 e. The quantitative estimate of drug-likeness (QED) is 0.837. The number of anilines is 1. The highest BCUT2D eigenvalue weighted by Crippen LogP contribution is 2.20. The molecule has 1 unspecified atom stereocenters. The second-order valence-electron chi connectivity index (χ2n) is 5.72. The third-order valence-corrected chi connectivity index (χ3v) is 5.53. The lowest BCUT2D eigenvalue weighted by Gasteiger charge is -2.32. The number of benzene rings is 2. The number of nitrogens with zero attached hydrogens (tertiary/aromatic N) is 1. The van der Waals surface area contributed by atoms with E-state index in [2.05, 4.69) is 4.72 Å². The summed E-state index contributed by atoms with van der Waals surface area (Å²) in [5.41, 5.74) is 0.530. The fraction of sp³-hybridized carbons (Fsp3) is 0.235. The van der Waals surface area contributed by atoms with Gasteiger partial charge in [-0.25, -0.2) is 17.5 Å². The number of carbonyl (C=O) groups is 1. The van der Waals surface area contributed by atoms with Crippen molar-refractivity contribution in [2.45, 2.75) is 11.0 Å². The normalized spacial score (nSPS) is 18.2. The van der Waals surface area contributed by atoms with Crippen molar-refractivity contribution >= 4 is 33.2 Å². The van der Waals surface area contributed by atoms with E-state index in [1.165, 1.54) is 41.3 Å². The summed E-state index contributed by atoms with van der Waals surface area (Å²) in [6, 6.07) is 11.4. The second kappa shape index (κ2) is 7.71. The summed E-state index contributed by atoms with van der Waals surface area (Å²) >= 11 is 5.83. The number of sulfonamides is 1. The van der Waals surface area contributed by atoms with Crippen LogP contribution < -0.4 is 9.62 Å². The first kappa shape index (κ1) is 18.8. The Hall–Kier alpha value is -2.00. The van der Waals surface area contributed by atoms with E-state index in [4.69, 9.17) is 16.3 Å². The molecule has 1 aliphatic heterocycles. The van der Waals surface area contributed by atoms with Gasteiger partial charge in [-0.3, -0.25) is 4.79 Å². The van der Waals surface area contributed by atoms with Crippen LogP contribution in [0.1, 0.15) is 0 Å². The van der Waals surface area contributed by atoms with Gasteiger partial charge in [0, 0.05) is 17.3 Å². The van der Waals surface area contributed by atoms with Crippen LogP contribution in [0.15, 0.2) is 53.4 Å². The zero-order valence-corrected chi connectivity index (χ0v) is 15.1. The molecule has 1 amide bonds. The maximum absolute atomic E-state index is 13.1. The fourth-order valence-electron chi connectivity index (χ4n) is 2.54. The van der Waals surface area contributed by atoms with Crippen molar-refractivity contribution in [3.63, 3.8) is 0 Å². The number of hydrogen-bond donors (Lipinski definition) is 1. The minimum Gasteiger partial charge on any atom is -0.365 e. The number of halogens is 2. The molecule has 0 saturated carbocycles. The molecule has 1 N–H and O–H groups in total. The number of ether oxygens (including phenoxy) is 1. The van der Waals surface area contributed by atoms with Gasteiger partial charge in [-0.1, -0.05) is 17.7 Å². The Morgan fingerprint density at radius 2 is 1.96 bits per heavy atom. The van der Waals surface area contributed by atoms with E-state index >= 15 is 0 Å². The highest BCUT2D eigenvalue weighted by molar-refractivity contribution is 7.89. The lowest BCUT2D eigenvalue weighted by molar-refractivity contribution is -0.129. The first-order valence-corrected chi connectivity index (χ1v) is 9.64. The van der Waals surface area contributed by atoms with E-state index in [9.17, 15) is 17.6 Å². The molecule has 2 aromatic rings. The average molecular weight is 399 g/mol. The number of nitrogens with one attached hydrogen (secondary N) is 1. The van der Waals surface area contributed by atoms with E-state index in [1.54, 1.807) is 12.1 Å². The maximum Gasteiger partial charge on any atom is 0.253 e. The number of morpholine rings is 1. The van der Waals surface area contributed by atoms with Gasteiger partial charge in [-0.15, -0.1) is 0 Å². The van der Waals surface area contributed by atoms with Crippen molar-refractivity contribution in [3.8, 4) is 0 Å². The molecular formula is C17H16ClFN2O4S. The van der Waals surface area contributed by atoms with E-state index in [0.717, 1.165) is 0 Å². The summed E-state index contributed by atoms with van der Waals surface area (Å²) in [6.07, 6.45) is -0.535. The van der Waals surface area contributed by atoms with Crippen LogP contribution in [0.5, 0.6) is 0 Å². The summed E-state index contributed by atoms with van der Waals surface area (Å²) in [5, 5.41) is 0.315. The van der Waals surface area contributed by atoms with Crippen molar-refractivity contribution in [2.24, 2.45) is 0 Å². The van der Waals surface area contributed by atoms with E-state index < -0.39 is 21.9 Å². The average Bonchev–Trinajstić information content (AvgIpc) is 2.62. The topological polar surface area (TPSA) is 75.7 Å². The highest BCUT2D eigenvalue weighted by Gasteiger charge is 2.28. The Bertz CT molecular complexity index is 905. The SMILES string of the molecule is O=C1COC(CNS(=O)(=O)c2cccc(Cl)c2)CN1c1ccc(F)cc1. The smallest absolute Gasteiger partial charge is 0.253 e. The molecule has 1 saturated heterocycles. The summed E-state index contributed by atoms with van der Waals surface area (Å²) in [4.78, 5) is 13.5. The lowest BCUT2D eigenvalue weighted by Crippen LogP contribution is -2.50. The van der Waals surface area contributed by atoms with Crippen LogP contribution in [0.25, 0.3) is 0 Å². The molecule has 1 heterocycles. The molecule has 0 aliphatic carbocycles. The number of rotatable bonds is 5. The van der Waals surface area contributed by atoms with Crippen LogP contribution in [-0.2, 0) is 19.6 Å². The lowest BCUT2D eigenvalue weighted by atomic mass is 10.2. The predicted octanol–water partition coefficient (Wildman–Crippen LogP) is 2.19. The van der Waals surface area contributed by atoms with Gasteiger partial charge in [0.1, 0.15) is 12.4 Å². The summed E-state index contributed by atoms with van der Waals surface area (Å²) in [6.45, 7) is -0.0384. The van der Waals surface area contributed by atoms with Crippen LogP contribution in [0.2, 0.25) is 5.02 Å². The predicted molar refractivity (Wildman–Crippen MR) is 95.1 cm³/mol. The molecule has 1 aliphatic rings. The first-order valence-electron chi connectivity index (χ1n) is 7.78. The van der Waals surface area contributed by atoms with Gasteiger partial charge in [-0.05, 0) is 42.5 Å². The minimum absolute atomic E-state index is 0.0141. The summed E-state index contributed by atoms with van der Waals surface area (Å²) in [5.74, 6) is -0.675. The van der Waals surface area contributed by atoms with Crippen LogP contribution in [0, 0.1) is 5.82 Å². The summed E-state index contributed by atoms with van der Waals surface area (Å²) < 4.78 is 45.6. The number of hydrogen-bond acceptors (Lipinski definition) is 4. The van der Waals surface area contributed by atoms with Gasteiger partial charge in [-0.2, -0.15) is 0 Å². The first-order chi connectivity index (χ1) is 12.3. The molecule has 138 valence electrons. The van der Waals surface area contributed by atoms with Crippen molar-refractivity contribution < 1.29 is 22.3 Å². The molecule has 1 atom stereocenters. The standard InChI is InChI=1S/C17H16ClFN2O4S/c18-12-2-1-3-16(8-12)26(23,24)20-9-15-10-21(17(22)11-25-15)14-6-4-13(19)5-7-14/h1-8,15,20H,9-11H2. The zero-order chi connectivity index (χ0) is 18.7. The molecule has 0 radical (unpaired) electrons. The van der Waals surface area contributed by atoms with Crippen molar-refractivity contribution in [3.05, 3.63) is 59.4 Å². The van der Waals surface area contributed by atoms with Gasteiger partial charge in [0.05, 0.1) is 17.5 Å². The molecule has 2 aromatic carbocycles. The molecule has 0 bridgehead atoms. The van der Waals surface area contributed by atoms with Crippen LogP contribution in [0.4, 0.5) is 10.1 Å². The fourth-order valence-corrected chi connectivity index (χ4v) is 3.91. The third kappa shape index (κ3) is 4.39. The Labute approximate surface area is 155 Å². The van der Waals surface area contributed by atoms with Crippen molar-refractivity contribution in [1.29, 1.82) is 0 Å². The van der Waals surface area contributed by atoms with Gasteiger partial charge >= 0.3 is 0 Å². The van der Waals surface area contributed by atoms with Crippen LogP contribution in [0.3, 0.4) is 0 Å². The van der Waals surface area contributed by atoms with E-state index in [0.29, 0.717) is 10.7 Å². The monoisotopic (exact) mass is 398 g/mol. The maximum atomic E-state index is 13.1. The Morgan fingerprint density at radius 3 is 2.65 bits per heavy atom. The molecule has 0 spiro atoms. The molecule has 0 aromatic heterocycles. The summed E-state index contributed by atoms with van der Waals surface area (Å²) in [7, 11) is -3.75. The molecule has 3 rings (SSSR count). The van der Waals surface area contributed by atoms with Gasteiger partial charge < -0.3 is 9.64 Å². The molecule has 6 nitrogen and oxygen atoms in total. The molecular weight excluding hydrogens is 383 g/mol. The van der Waals surface area contributed by atoms with Gasteiger partial charge in [0.15, 0.2) is 0 Å². The van der Waals surface area contributed by atoms with E-state index in [1.807, 2.05) is 0 Å². The minimum atomic E-state index is -3.75. The second-order valence-corrected chi connectivity index (χ2v) is 7.93. The zero-order valence-electron chi connectivity index (χ0n) is 13.6. The molecule has 26 heavy (non-hydrogen) atoms. The van der Waals surface area contributed by atoms with Crippen molar-refractivity contribution in [2.75, 3.05) is 24.6 Å². The molecule has 1 fully saturated rings. The van der Waals surface area contributed by atoms with Crippen LogP contribution >= 0.6 is 11.6 Å². The van der Waals surface area contributed by atoms with E-state index in [-0.39, 0.29) is 30.5 Å². The molecule has 9 heteroatoms. The number of amides is 1. The third-order valence-electron chi connectivity index (χ3n) is 3.88. The van der Waals surface area contributed by atoms with Gasteiger partial charge in [0.2, 0.25) is 10.0 Å². The van der Waals surface area contributed by atoms with Gasteiger partial charge in [0.25, 0.3) is 5.91 Å². The Kier molecular flexibility index (Phi) is 5.57. The van der Waals surface area contributed by atoms with Crippen molar-refractivity contribution in [1.82, 2.24) is 4.72 Å². The number of carbonyl (C=O) groups excluding carboxylic acids is 1. The Morgan fingerprint density at radius 1 is 1.23 bits per heavy atom.